The van der Waals surface area contributed by atoms with Crippen molar-refractivity contribution in [1.29, 1.82) is 0 Å². The van der Waals surface area contributed by atoms with E-state index in [9.17, 15) is 19.2 Å². The van der Waals surface area contributed by atoms with Crippen molar-refractivity contribution < 1.29 is 23.9 Å². The second-order valence-corrected chi connectivity index (χ2v) is 12.2. The summed E-state index contributed by atoms with van der Waals surface area (Å²) in [7, 11) is 0. The van der Waals surface area contributed by atoms with Crippen molar-refractivity contribution >= 4 is 23.8 Å². The predicted molar refractivity (Wildman–Crippen MR) is 154 cm³/mol. The average Bonchev–Trinajstić information content (AvgIpc) is 2.76. The van der Waals surface area contributed by atoms with Gasteiger partial charge in [0, 0.05) is 12.1 Å². The van der Waals surface area contributed by atoms with E-state index in [0.29, 0.717) is 12.0 Å². The lowest BCUT2D eigenvalue weighted by Crippen LogP contribution is -2.55. The minimum absolute atomic E-state index is 0.270. The highest BCUT2D eigenvalue weighted by Gasteiger charge is 2.37. The molecule has 0 fully saturated rings. The van der Waals surface area contributed by atoms with Crippen molar-refractivity contribution in [3.05, 3.63) is 35.4 Å². The molecule has 0 aliphatic carbocycles. The molecule has 0 heterocycles. The number of hydrogen-bond donors (Lipinski definition) is 3. The minimum atomic E-state index is -1.29. The van der Waals surface area contributed by atoms with E-state index < -0.39 is 47.6 Å². The van der Waals surface area contributed by atoms with Gasteiger partial charge in [0.05, 0.1) is 6.42 Å². The lowest BCUT2D eigenvalue weighted by Gasteiger charge is -2.36. The SMILES string of the molecule is CCCCCCCCN(C(=O)C(CC(N)=O)NC(=O)OC(C)(C)C)C(C(=O)NC(C)(C)C)c1cccc(C)c1. The molecule has 1 aromatic rings. The number of carbonyl (C=O) groups is 4. The Balaban J connectivity index is 3.48. The first-order valence-corrected chi connectivity index (χ1v) is 14.0. The third-order valence-electron chi connectivity index (χ3n) is 5.85. The normalized spacial score (nSPS) is 13.2. The zero-order chi connectivity index (χ0) is 29.8. The Morgan fingerprint density at radius 1 is 0.974 bits per heavy atom. The molecule has 9 heteroatoms. The van der Waals surface area contributed by atoms with Gasteiger partial charge in [0.25, 0.3) is 0 Å². The van der Waals surface area contributed by atoms with Gasteiger partial charge in [0.15, 0.2) is 0 Å². The fourth-order valence-electron chi connectivity index (χ4n) is 4.23. The molecular formula is C30H50N4O5. The Morgan fingerprint density at radius 3 is 2.13 bits per heavy atom. The molecule has 0 aliphatic heterocycles. The number of alkyl carbamates (subject to hydrolysis) is 1. The first kappa shape index (κ1) is 33.9. The summed E-state index contributed by atoms with van der Waals surface area (Å²) in [5, 5.41) is 5.53. The van der Waals surface area contributed by atoms with Crippen LogP contribution in [0.4, 0.5) is 4.79 Å². The highest BCUT2D eigenvalue weighted by molar-refractivity contribution is 5.94. The second-order valence-electron chi connectivity index (χ2n) is 12.2. The monoisotopic (exact) mass is 546 g/mol. The predicted octanol–water partition coefficient (Wildman–Crippen LogP) is 4.91. The molecule has 1 rings (SSSR count). The van der Waals surface area contributed by atoms with E-state index >= 15 is 0 Å². The molecule has 0 radical (unpaired) electrons. The molecule has 2 unspecified atom stereocenters. The summed E-state index contributed by atoms with van der Waals surface area (Å²) in [5.74, 6) is -1.67. The molecule has 0 aromatic heterocycles. The van der Waals surface area contributed by atoms with E-state index in [0.717, 1.165) is 37.7 Å². The number of aryl methyl sites for hydroxylation is 1. The molecule has 0 saturated heterocycles. The maximum absolute atomic E-state index is 14.1. The van der Waals surface area contributed by atoms with Crippen LogP contribution in [0.15, 0.2) is 24.3 Å². The Labute approximate surface area is 234 Å². The molecule has 0 aliphatic rings. The van der Waals surface area contributed by atoms with Crippen molar-refractivity contribution in [2.45, 2.75) is 124 Å². The summed E-state index contributed by atoms with van der Waals surface area (Å²) in [4.78, 5) is 53.9. The maximum Gasteiger partial charge on any atom is 0.408 e. The molecule has 2 atom stereocenters. The van der Waals surface area contributed by atoms with Gasteiger partial charge < -0.3 is 26.0 Å². The summed E-state index contributed by atoms with van der Waals surface area (Å²) < 4.78 is 5.34. The third-order valence-corrected chi connectivity index (χ3v) is 5.85. The van der Waals surface area contributed by atoms with E-state index in [1.165, 1.54) is 4.90 Å². The molecule has 0 saturated carbocycles. The van der Waals surface area contributed by atoms with Crippen molar-refractivity contribution in [3.63, 3.8) is 0 Å². The zero-order valence-electron chi connectivity index (χ0n) is 25.2. The van der Waals surface area contributed by atoms with E-state index in [2.05, 4.69) is 17.6 Å². The smallest absolute Gasteiger partial charge is 0.408 e. The topological polar surface area (TPSA) is 131 Å². The molecule has 39 heavy (non-hydrogen) atoms. The van der Waals surface area contributed by atoms with Gasteiger partial charge in [-0.2, -0.15) is 0 Å². The summed E-state index contributed by atoms with van der Waals surface area (Å²) in [6, 6.07) is 5.19. The van der Waals surface area contributed by atoms with Gasteiger partial charge in [0.2, 0.25) is 17.7 Å². The largest absolute Gasteiger partial charge is 0.444 e. The Morgan fingerprint density at radius 2 is 1.59 bits per heavy atom. The highest BCUT2D eigenvalue weighted by atomic mass is 16.6. The first-order chi connectivity index (χ1) is 18.0. The van der Waals surface area contributed by atoms with Gasteiger partial charge in [-0.15, -0.1) is 0 Å². The van der Waals surface area contributed by atoms with Gasteiger partial charge in [-0.05, 0) is 60.5 Å². The first-order valence-electron chi connectivity index (χ1n) is 14.0. The van der Waals surface area contributed by atoms with Crippen molar-refractivity contribution in [2.75, 3.05) is 6.54 Å². The number of carbonyl (C=O) groups excluding carboxylic acids is 4. The van der Waals surface area contributed by atoms with Crippen LogP contribution in [0, 0.1) is 6.92 Å². The third kappa shape index (κ3) is 13.5. The quantitative estimate of drug-likeness (QED) is 0.285. The number of benzene rings is 1. The minimum Gasteiger partial charge on any atom is -0.444 e. The van der Waals surface area contributed by atoms with Crippen LogP contribution in [0.25, 0.3) is 0 Å². The number of unbranched alkanes of at least 4 members (excludes halogenated alkanes) is 5. The molecular weight excluding hydrogens is 496 g/mol. The van der Waals surface area contributed by atoms with Crippen LogP contribution in [0.2, 0.25) is 0 Å². The summed E-state index contributed by atoms with van der Waals surface area (Å²) in [6.45, 7) is 15.1. The van der Waals surface area contributed by atoms with Crippen LogP contribution < -0.4 is 16.4 Å². The second kappa shape index (κ2) is 15.5. The number of nitrogens with one attached hydrogen (secondary N) is 2. The Bertz CT molecular complexity index is 965. The summed E-state index contributed by atoms with van der Waals surface area (Å²) in [6.07, 6.45) is 4.66. The molecule has 4 N–H and O–H groups in total. The molecule has 220 valence electrons. The maximum atomic E-state index is 14.1. The standard InChI is InChI=1S/C30H50N4O5/c1-9-10-11-12-13-14-18-34(27(37)23(20-24(31)35)32-28(38)39-30(6,7)8)25(26(36)33-29(3,4)5)22-17-15-16-21(2)19-22/h15-17,19,23,25H,9-14,18,20H2,1-8H3,(H2,31,35)(H,32,38)(H,33,36). The van der Waals surface area contributed by atoms with E-state index in [1.54, 1.807) is 20.8 Å². The number of nitrogens with two attached hydrogens (primary N) is 1. The fourth-order valence-corrected chi connectivity index (χ4v) is 4.23. The van der Waals surface area contributed by atoms with Crippen LogP contribution in [0.1, 0.15) is 111 Å². The number of ether oxygens (including phenoxy) is 1. The van der Waals surface area contributed by atoms with Gasteiger partial charge >= 0.3 is 6.09 Å². The lowest BCUT2D eigenvalue weighted by atomic mass is 9.98. The number of rotatable bonds is 14. The van der Waals surface area contributed by atoms with Crippen LogP contribution in [0.3, 0.4) is 0 Å². The summed E-state index contributed by atoms with van der Waals surface area (Å²) >= 11 is 0. The Hall–Kier alpha value is -3.10. The Kier molecular flexibility index (Phi) is 13.5. The zero-order valence-corrected chi connectivity index (χ0v) is 25.2. The average molecular weight is 547 g/mol. The highest BCUT2D eigenvalue weighted by Crippen LogP contribution is 2.26. The number of hydrogen-bond acceptors (Lipinski definition) is 5. The van der Waals surface area contributed by atoms with Crippen molar-refractivity contribution in [3.8, 4) is 0 Å². The molecule has 9 nitrogen and oxygen atoms in total. The van der Waals surface area contributed by atoms with Gasteiger partial charge in [-0.25, -0.2) is 4.79 Å². The van der Waals surface area contributed by atoms with E-state index in [4.69, 9.17) is 10.5 Å². The van der Waals surface area contributed by atoms with Crippen LogP contribution in [0.5, 0.6) is 0 Å². The van der Waals surface area contributed by atoms with Gasteiger partial charge in [-0.3, -0.25) is 14.4 Å². The van der Waals surface area contributed by atoms with Crippen molar-refractivity contribution in [1.82, 2.24) is 15.5 Å². The molecule has 4 amide bonds. The molecule has 0 spiro atoms. The van der Waals surface area contributed by atoms with E-state index in [1.807, 2.05) is 52.0 Å². The van der Waals surface area contributed by atoms with Crippen molar-refractivity contribution in [2.24, 2.45) is 5.73 Å². The fraction of sp³-hybridized carbons (Fsp3) is 0.667. The van der Waals surface area contributed by atoms with Crippen LogP contribution >= 0.6 is 0 Å². The van der Waals surface area contributed by atoms with Gasteiger partial charge in [0.1, 0.15) is 17.7 Å². The number of nitrogens with zero attached hydrogens (tertiary/aromatic N) is 1. The number of amides is 4. The van der Waals surface area contributed by atoms with E-state index in [-0.39, 0.29) is 12.5 Å². The molecule has 0 bridgehead atoms. The summed E-state index contributed by atoms with van der Waals surface area (Å²) in [5.41, 5.74) is 5.70. The van der Waals surface area contributed by atoms with Crippen LogP contribution in [-0.2, 0) is 19.1 Å². The van der Waals surface area contributed by atoms with Crippen LogP contribution in [-0.4, -0.2) is 52.4 Å². The number of primary amides is 1. The lowest BCUT2D eigenvalue weighted by molar-refractivity contribution is -0.144. The van der Waals surface area contributed by atoms with Gasteiger partial charge in [-0.1, -0.05) is 68.9 Å². The molecule has 1 aromatic carbocycles.